The van der Waals surface area contributed by atoms with Crippen LogP contribution in [-0.4, -0.2) is 29.3 Å². The van der Waals surface area contributed by atoms with Crippen LogP contribution in [0, 0.1) is 5.82 Å². The lowest BCUT2D eigenvalue weighted by Crippen LogP contribution is -2.07. The van der Waals surface area contributed by atoms with Gasteiger partial charge in [0.25, 0.3) is 0 Å². The summed E-state index contributed by atoms with van der Waals surface area (Å²) in [5.41, 5.74) is 1.62. The van der Waals surface area contributed by atoms with Gasteiger partial charge in [-0.2, -0.15) is 0 Å². The number of anilines is 1. The number of nitrogens with one attached hydrogen (secondary N) is 1. The molecule has 0 spiro atoms. The zero-order valence-corrected chi connectivity index (χ0v) is 16.6. The van der Waals surface area contributed by atoms with Gasteiger partial charge in [-0.25, -0.2) is 22.8 Å². The first kappa shape index (κ1) is 19.1. The maximum atomic E-state index is 14.0. The smallest absolute Gasteiger partial charge is 0.228 e. The molecule has 29 heavy (non-hydrogen) atoms. The number of carbonyl (C=O) groups is 1. The number of amides is 1. The molecule has 0 aliphatic heterocycles. The van der Waals surface area contributed by atoms with Crippen molar-refractivity contribution in [2.75, 3.05) is 5.32 Å². The molecule has 146 valence electrons. The van der Waals surface area contributed by atoms with E-state index in [1.54, 1.807) is 18.2 Å². The molecule has 0 saturated heterocycles. The number of sulfone groups is 1. The summed E-state index contributed by atoms with van der Waals surface area (Å²) in [6.45, 7) is 1.40. The number of thiazole rings is 1. The van der Waals surface area contributed by atoms with Crippen molar-refractivity contribution in [3.8, 4) is 11.3 Å². The molecule has 2 aromatic carbocycles. The predicted octanol–water partition coefficient (Wildman–Crippen LogP) is 3.68. The number of nitrogens with zero attached hydrogens (tertiary/aromatic N) is 3. The van der Waals surface area contributed by atoms with Gasteiger partial charge in [0.1, 0.15) is 10.7 Å². The van der Waals surface area contributed by atoms with E-state index >= 15 is 0 Å². The Balaban J connectivity index is 1.75. The Bertz CT molecular complexity index is 1350. The minimum Gasteiger partial charge on any atom is -0.302 e. The Morgan fingerprint density at radius 2 is 1.90 bits per heavy atom. The molecule has 0 unspecified atom stereocenters. The first-order valence-corrected chi connectivity index (χ1v) is 10.6. The molecular weight excluding hydrogens is 415 g/mol. The van der Waals surface area contributed by atoms with Crippen molar-refractivity contribution >= 4 is 42.4 Å². The number of halogens is 1. The third kappa shape index (κ3) is 3.71. The van der Waals surface area contributed by atoms with Gasteiger partial charge in [0, 0.05) is 12.5 Å². The third-order valence-electron chi connectivity index (χ3n) is 3.98. The van der Waals surface area contributed by atoms with Gasteiger partial charge in [-0.1, -0.05) is 29.5 Å². The topological polar surface area (TPSA) is 102 Å². The molecule has 4 aromatic rings. The van der Waals surface area contributed by atoms with Crippen LogP contribution < -0.4 is 5.32 Å². The van der Waals surface area contributed by atoms with E-state index in [0.29, 0.717) is 21.9 Å². The van der Waals surface area contributed by atoms with Crippen molar-refractivity contribution in [3.63, 3.8) is 0 Å². The molecule has 2 aromatic heterocycles. The summed E-state index contributed by atoms with van der Waals surface area (Å²) in [5, 5.41) is 2.75. The largest absolute Gasteiger partial charge is 0.302 e. The third-order valence-corrected chi connectivity index (χ3v) is 6.57. The highest BCUT2D eigenvalue weighted by Gasteiger charge is 2.24. The van der Waals surface area contributed by atoms with Gasteiger partial charge in [-0.05, 0) is 24.3 Å². The summed E-state index contributed by atoms with van der Waals surface area (Å²) in [4.78, 5) is 23.2. The van der Waals surface area contributed by atoms with Crippen LogP contribution in [0.3, 0.4) is 0 Å². The van der Waals surface area contributed by atoms with Crippen molar-refractivity contribution in [2.45, 2.75) is 16.8 Å². The van der Waals surface area contributed by atoms with Crippen LogP contribution in [0.15, 0.2) is 64.8 Å². The molecule has 0 aliphatic rings. The molecule has 0 radical (unpaired) electrons. The average molecular weight is 428 g/mol. The van der Waals surface area contributed by atoms with Crippen molar-refractivity contribution in [1.82, 2.24) is 15.0 Å². The molecule has 1 N–H and O–H groups in total. The highest BCUT2D eigenvalue weighted by molar-refractivity contribution is 7.91. The summed E-state index contributed by atoms with van der Waals surface area (Å²) in [6, 6.07) is 10.4. The second-order valence-corrected chi connectivity index (χ2v) is 8.95. The molecule has 0 atom stereocenters. The van der Waals surface area contributed by atoms with Crippen LogP contribution in [0.5, 0.6) is 0 Å². The molecule has 4 rings (SSSR count). The molecular formula is C19H13FN4O3S2. The number of hydrogen-bond donors (Lipinski definition) is 1. The summed E-state index contributed by atoms with van der Waals surface area (Å²) in [5.74, 6) is -1.07. The van der Waals surface area contributed by atoms with E-state index in [4.69, 9.17) is 0 Å². The summed E-state index contributed by atoms with van der Waals surface area (Å²) < 4.78 is 40.3. The Hall–Kier alpha value is -3.24. The van der Waals surface area contributed by atoms with Crippen LogP contribution in [-0.2, 0) is 14.6 Å². The van der Waals surface area contributed by atoms with Gasteiger partial charge in [0.15, 0.2) is 10.2 Å². The maximum absolute atomic E-state index is 14.0. The molecule has 7 nitrogen and oxygen atoms in total. The monoisotopic (exact) mass is 428 g/mol. The normalized spacial score (nSPS) is 11.5. The number of benzene rings is 2. The van der Waals surface area contributed by atoms with E-state index in [-0.39, 0.29) is 10.9 Å². The van der Waals surface area contributed by atoms with Crippen LogP contribution >= 0.6 is 11.3 Å². The minimum atomic E-state index is -4.16. The van der Waals surface area contributed by atoms with Gasteiger partial charge in [0.2, 0.25) is 15.7 Å². The van der Waals surface area contributed by atoms with Crippen LogP contribution in [0.4, 0.5) is 9.52 Å². The molecule has 0 aliphatic carbocycles. The van der Waals surface area contributed by atoms with Gasteiger partial charge in [0.05, 0.1) is 28.3 Å². The highest BCUT2D eigenvalue weighted by Crippen LogP contribution is 2.30. The molecule has 10 heteroatoms. The fourth-order valence-corrected chi connectivity index (χ4v) is 4.86. The summed E-state index contributed by atoms with van der Waals surface area (Å²) >= 11 is 1.28. The van der Waals surface area contributed by atoms with E-state index in [1.807, 2.05) is 0 Å². The number of fused-ring (bicyclic) bond motifs is 1. The van der Waals surface area contributed by atoms with Gasteiger partial charge in [-0.15, -0.1) is 0 Å². The Kier molecular flexibility index (Phi) is 4.81. The van der Waals surface area contributed by atoms with Gasteiger partial charge >= 0.3 is 0 Å². The zero-order valence-electron chi connectivity index (χ0n) is 15.0. The average Bonchev–Trinajstić information content (AvgIpc) is 3.09. The Morgan fingerprint density at radius 3 is 2.66 bits per heavy atom. The zero-order chi connectivity index (χ0) is 20.6. The Morgan fingerprint density at radius 1 is 1.10 bits per heavy atom. The first-order valence-electron chi connectivity index (χ1n) is 8.35. The minimum absolute atomic E-state index is 0.221. The lowest BCUT2D eigenvalue weighted by Gasteiger charge is -2.06. The van der Waals surface area contributed by atoms with E-state index in [2.05, 4.69) is 20.3 Å². The molecule has 0 bridgehead atoms. The second kappa shape index (κ2) is 7.30. The standard InChI is InChI=1S/C19H13FN4O3S2/c1-11(25)22-19-24-14-7-6-12(8-16(14)28-19)15-9-21-10-18(23-15)29(26,27)17-5-3-2-4-13(17)20/h2-10H,1H3,(H,22,24,25). The van der Waals surface area contributed by atoms with E-state index in [0.717, 1.165) is 17.0 Å². The number of hydrogen-bond acceptors (Lipinski definition) is 7. The Labute approximate surface area is 169 Å². The van der Waals surface area contributed by atoms with Crippen LogP contribution in [0.25, 0.3) is 21.5 Å². The fraction of sp³-hybridized carbons (Fsp3) is 0.0526. The van der Waals surface area contributed by atoms with Crippen molar-refractivity contribution in [1.29, 1.82) is 0 Å². The number of rotatable bonds is 4. The fourth-order valence-electron chi connectivity index (χ4n) is 2.68. The highest BCUT2D eigenvalue weighted by atomic mass is 32.2. The van der Waals surface area contributed by atoms with Crippen molar-refractivity contribution in [3.05, 3.63) is 60.7 Å². The first-order chi connectivity index (χ1) is 13.8. The van der Waals surface area contributed by atoms with E-state index < -0.39 is 20.5 Å². The van der Waals surface area contributed by atoms with E-state index in [1.165, 1.54) is 42.7 Å². The maximum Gasteiger partial charge on any atom is 0.228 e. The lowest BCUT2D eigenvalue weighted by atomic mass is 10.1. The predicted molar refractivity (Wildman–Crippen MR) is 107 cm³/mol. The summed E-state index contributed by atoms with van der Waals surface area (Å²) in [6.07, 6.45) is 2.52. The van der Waals surface area contributed by atoms with Crippen molar-refractivity contribution < 1.29 is 17.6 Å². The van der Waals surface area contributed by atoms with Crippen LogP contribution in [0.2, 0.25) is 0 Å². The van der Waals surface area contributed by atoms with Crippen LogP contribution in [0.1, 0.15) is 6.92 Å². The number of aromatic nitrogens is 3. The van der Waals surface area contributed by atoms with Gasteiger partial charge < -0.3 is 5.32 Å². The molecule has 2 heterocycles. The van der Waals surface area contributed by atoms with E-state index in [9.17, 15) is 17.6 Å². The second-order valence-electron chi connectivity index (χ2n) is 6.06. The summed E-state index contributed by atoms with van der Waals surface area (Å²) in [7, 11) is -4.16. The molecule has 0 saturated carbocycles. The lowest BCUT2D eigenvalue weighted by molar-refractivity contribution is -0.114. The molecule has 0 fully saturated rings. The quantitative estimate of drug-likeness (QED) is 0.532. The van der Waals surface area contributed by atoms with Gasteiger partial charge in [-0.3, -0.25) is 9.78 Å². The molecule has 1 amide bonds. The van der Waals surface area contributed by atoms with Crippen molar-refractivity contribution in [2.24, 2.45) is 0 Å². The number of carbonyl (C=O) groups excluding carboxylic acids is 1. The SMILES string of the molecule is CC(=O)Nc1nc2ccc(-c3cncc(S(=O)(=O)c4ccccc4F)n3)cc2s1.